The molecule has 0 radical (unpaired) electrons. The smallest absolute Gasteiger partial charge is 0.338 e. The third kappa shape index (κ3) is 4.50. The molecular weight excluding hydrogens is 388 g/mol. The van der Waals surface area contributed by atoms with Gasteiger partial charge in [-0.25, -0.2) is 14.8 Å². The topological polar surface area (TPSA) is 77.0 Å². The second kappa shape index (κ2) is 9.12. The molecule has 2 aromatic heterocycles. The van der Waals surface area contributed by atoms with Crippen molar-refractivity contribution in [3.8, 4) is 11.4 Å². The molecule has 0 saturated heterocycles. The van der Waals surface area contributed by atoms with E-state index in [9.17, 15) is 4.79 Å². The zero-order valence-corrected chi connectivity index (χ0v) is 16.5. The zero-order chi connectivity index (χ0) is 19.3. The number of fused-ring (bicyclic) bond motifs is 1. The zero-order valence-electron chi connectivity index (χ0n) is 15.7. The molecule has 146 valence electrons. The quantitative estimate of drug-likeness (QED) is 0.468. The van der Waals surface area contributed by atoms with E-state index in [0.29, 0.717) is 23.8 Å². The predicted molar refractivity (Wildman–Crippen MR) is 116 cm³/mol. The van der Waals surface area contributed by atoms with Gasteiger partial charge >= 0.3 is 5.97 Å². The van der Waals surface area contributed by atoms with Gasteiger partial charge in [0.1, 0.15) is 5.82 Å². The first-order chi connectivity index (χ1) is 13.7. The molecule has 0 bridgehead atoms. The molecule has 6 nitrogen and oxygen atoms in total. The summed E-state index contributed by atoms with van der Waals surface area (Å²) in [4.78, 5) is 25.2. The standard InChI is InChI=1S/C22H18N4O2.ClH/c1-2-28-22(27)16-7-9-17(10-8-16)24-21-18-5-3-4-6-19(18)25-20(26-21)15-11-13-23-14-12-15;/h3-14H,2H2,1H3,(H,24,25,26);1H. The number of nitrogens with one attached hydrogen (secondary N) is 1. The van der Waals surface area contributed by atoms with Crippen molar-refractivity contribution in [3.05, 3.63) is 78.6 Å². The Morgan fingerprint density at radius 2 is 1.69 bits per heavy atom. The third-order valence-corrected chi connectivity index (χ3v) is 4.20. The van der Waals surface area contributed by atoms with Crippen LogP contribution < -0.4 is 5.32 Å². The summed E-state index contributed by atoms with van der Waals surface area (Å²) in [6.07, 6.45) is 3.43. The van der Waals surface area contributed by atoms with E-state index >= 15 is 0 Å². The number of hydrogen-bond acceptors (Lipinski definition) is 6. The number of anilines is 2. The van der Waals surface area contributed by atoms with Gasteiger partial charge in [0.15, 0.2) is 5.82 Å². The number of aromatic nitrogens is 3. The van der Waals surface area contributed by atoms with Crippen molar-refractivity contribution in [1.29, 1.82) is 0 Å². The van der Waals surface area contributed by atoms with Crippen LogP contribution in [0.25, 0.3) is 22.3 Å². The molecule has 29 heavy (non-hydrogen) atoms. The number of hydrogen-bond donors (Lipinski definition) is 1. The molecule has 0 unspecified atom stereocenters. The fraction of sp³-hybridized carbons (Fsp3) is 0.0909. The van der Waals surface area contributed by atoms with Crippen LogP contribution >= 0.6 is 12.4 Å². The van der Waals surface area contributed by atoms with E-state index in [2.05, 4.69) is 15.3 Å². The Labute approximate surface area is 174 Å². The summed E-state index contributed by atoms with van der Waals surface area (Å²) in [5, 5.41) is 4.25. The molecule has 4 rings (SSSR count). The van der Waals surface area contributed by atoms with Crippen LogP contribution in [0.1, 0.15) is 17.3 Å². The molecule has 1 N–H and O–H groups in total. The molecule has 2 aromatic carbocycles. The van der Waals surface area contributed by atoms with Gasteiger partial charge in [0.05, 0.1) is 17.7 Å². The number of esters is 1. The van der Waals surface area contributed by atoms with Gasteiger partial charge in [0.25, 0.3) is 0 Å². The molecule has 0 aliphatic rings. The van der Waals surface area contributed by atoms with Crippen LogP contribution in [0.3, 0.4) is 0 Å². The monoisotopic (exact) mass is 406 g/mol. The Morgan fingerprint density at radius 1 is 0.966 bits per heavy atom. The molecule has 0 spiro atoms. The summed E-state index contributed by atoms with van der Waals surface area (Å²) in [5.41, 5.74) is 3.06. The number of rotatable bonds is 5. The van der Waals surface area contributed by atoms with E-state index in [4.69, 9.17) is 9.72 Å². The number of benzene rings is 2. The molecule has 2 heterocycles. The Kier molecular flexibility index (Phi) is 6.36. The average molecular weight is 407 g/mol. The van der Waals surface area contributed by atoms with E-state index in [1.165, 1.54) is 0 Å². The summed E-state index contributed by atoms with van der Waals surface area (Å²) in [5.74, 6) is 0.981. The Bertz CT molecular complexity index is 1120. The molecule has 4 aromatic rings. The number of nitrogens with zero attached hydrogens (tertiary/aromatic N) is 3. The first-order valence-corrected chi connectivity index (χ1v) is 8.96. The first-order valence-electron chi connectivity index (χ1n) is 8.96. The number of para-hydroxylation sites is 1. The van der Waals surface area contributed by atoms with Gasteiger partial charge in [0, 0.05) is 29.0 Å². The Balaban J connectivity index is 0.00000240. The van der Waals surface area contributed by atoms with Crippen molar-refractivity contribution in [2.24, 2.45) is 0 Å². The van der Waals surface area contributed by atoms with Crippen molar-refractivity contribution in [3.63, 3.8) is 0 Å². The summed E-state index contributed by atoms with van der Waals surface area (Å²) >= 11 is 0. The maximum atomic E-state index is 11.8. The highest BCUT2D eigenvalue weighted by molar-refractivity contribution is 5.93. The van der Waals surface area contributed by atoms with E-state index in [1.54, 1.807) is 31.5 Å². The van der Waals surface area contributed by atoms with Crippen LogP contribution in [0, 0.1) is 0 Å². The van der Waals surface area contributed by atoms with Gasteiger partial charge in [-0.15, -0.1) is 12.4 Å². The number of ether oxygens (including phenoxy) is 1. The van der Waals surface area contributed by atoms with E-state index < -0.39 is 0 Å². The van der Waals surface area contributed by atoms with Crippen LogP contribution in [-0.4, -0.2) is 27.5 Å². The molecule has 0 fully saturated rings. The molecule has 0 amide bonds. The molecule has 0 atom stereocenters. The lowest BCUT2D eigenvalue weighted by atomic mass is 10.2. The molecule has 0 aliphatic carbocycles. The lowest BCUT2D eigenvalue weighted by molar-refractivity contribution is 0.0526. The Morgan fingerprint density at radius 3 is 2.41 bits per heavy atom. The van der Waals surface area contributed by atoms with Gasteiger partial charge in [-0.05, 0) is 55.5 Å². The van der Waals surface area contributed by atoms with E-state index in [1.807, 2.05) is 48.5 Å². The minimum Gasteiger partial charge on any atom is -0.462 e. The van der Waals surface area contributed by atoms with Crippen molar-refractivity contribution >= 4 is 40.8 Å². The third-order valence-electron chi connectivity index (χ3n) is 4.20. The van der Waals surface area contributed by atoms with Gasteiger partial charge in [0.2, 0.25) is 0 Å². The average Bonchev–Trinajstić information content (AvgIpc) is 2.75. The Hall–Kier alpha value is -3.51. The summed E-state index contributed by atoms with van der Waals surface area (Å²) in [7, 11) is 0. The van der Waals surface area contributed by atoms with Crippen LogP contribution in [0.15, 0.2) is 73.1 Å². The molecule has 0 saturated carbocycles. The van der Waals surface area contributed by atoms with Crippen LogP contribution in [0.5, 0.6) is 0 Å². The van der Waals surface area contributed by atoms with Crippen molar-refractivity contribution < 1.29 is 9.53 Å². The van der Waals surface area contributed by atoms with Crippen LogP contribution in [-0.2, 0) is 4.74 Å². The van der Waals surface area contributed by atoms with Gasteiger partial charge in [-0.3, -0.25) is 4.98 Å². The molecule has 7 heteroatoms. The van der Waals surface area contributed by atoms with Crippen LogP contribution in [0.2, 0.25) is 0 Å². The van der Waals surface area contributed by atoms with E-state index in [0.717, 1.165) is 22.2 Å². The highest BCUT2D eigenvalue weighted by atomic mass is 35.5. The summed E-state index contributed by atoms with van der Waals surface area (Å²) in [6.45, 7) is 2.14. The van der Waals surface area contributed by atoms with Gasteiger partial charge in [-0.1, -0.05) is 12.1 Å². The second-order valence-corrected chi connectivity index (χ2v) is 6.07. The van der Waals surface area contributed by atoms with Crippen molar-refractivity contribution in [1.82, 2.24) is 15.0 Å². The lowest BCUT2D eigenvalue weighted by Crippen LogP contribution is -2.04. The van der Waals surface area contributed by atoms with Crippen molar-refractivity contribution in [2.75, 3.05) is 11.9 Å². The highest BCUT2D eigenvalue weighted by Gasteiger charge is 2.10. The largest absolute Gasteiger partial charge is 0.462 e. The number of carbonyl (C=O) groups is 1. The fourth-order valence-electron chi connectivity index (χ4n) is 2.84. The first kappa shape index (κ1) is 20.2. The predicted octanol–water partition coefficient (Wildman–Crippen LogP) is 5.03. The minimum absolute atomic E-state index is 0. The number of carbonyl (C=O) groups excluding carboxylic acids is 1. The SMILES string of the molecule is CCOC(=O)c1ccc(Nc2nc(-c3ccncc3)nc3ccccc23)cc1.Cl. The minimum atomic E-state index is -0.332. The van der Waals surface area contributed by atoms with Crippen LogP contribution in [0.4, 0.5) is 11.5 Å². The molecule has 0 aliphatic heterocycles. The number of pyridine rings is 1. The maximum Gasteiger partial charge on any atom is 0.338 e. The normalized spacial score (nSPS) is 10.2. The maximum absolute atomic E-state index is 11.8. The van der Waals surface area contributed by atoms with Gasteiger partial charge in [-0.2, -0.15) is 0 Å². The lowest BCUT2D eigenvalue weighted by Gasteiger charge is -2.11. The van der Waals surface area contributed by atoms with Gasteiger partial charge < -0.3 is 10.1 Å². The fourth-order valence-corrected chi connectivity index (χ4v) is 2.84. The summed E-state index contributed by atoms with van der Waals surface area (Å²) < 4.78 is 5.02. The van der Waals surface area contributed by atoms with Crippen molar-refractivity contribution in [2.45, 2.75) is 6.92 Å². The highest BCUT2D eigenvalue weighted by Crippen LogP contribution is 2.27. The summed E-state index contributed by atoms with van der Waals surface area (Å²) in [6, 6.07) is 18.7. The molecular formula is C22H19ClN4O2. The van der Waals surface area contributed by atoms with E-state index in [-0.39, 0.29) is 18.4 Å². The number of halogens is 1. The second-order valence-electron chi connectivity index (χ2n) is 6.07.